The summed E-state index contributed by atoms with van der Waals surface area (Å²) in [6, 6.07) is 23.3. The molecule has 42 heavy (non-hydrogen) atoms. The third-order valence-corrected chi connectivity index (χ3v) is 7.71. The molecule has 8 heteroatoms. The van der Waals surface area contributed by atoms with Crippen LogP contribution in [0.2, 0.25) is 0 Å². The zero-order valence-electron chi connectivity index (χ0n) is 25.1. The van der Waals surface area contributed by atoms with E-state index in [-0.39, 0.29) is 12.0 Å². The number of ether oxygens (including phenoxy) is 1. The number of cyclic esters (lactones) is 1. The van der Waals surface area contributed by atoms with Crippen LogP contribution in [0.5, 0.6) is 0 Å². The van der Waals surface area contributed by atoms with E-state index in [1.54, 1.807) is 0 Å². The fourth-order valence-electron chi connectivity index (χ4n) is 5.61. The number of imide groups is 1. The molecule has 1 unspecified atom stereocenters. The number of likely N-dealkylation sites (tertiary alicyclic amines) is 1. The lowest BCUT2D eigenvalue weighted by Crippen LogP contribution is -2.45. The smallest absolute Gasteiger partial charge is 0.418 e. The number of halogens is 2. The van der Waals surface area contributed by atoms with Crippen LogP contribution >= 0.6 is 0 Å². The molecule has 226 valence electrons. The van der Waals surface area contributed by atoms with E-state index in [0.29, 0.717) is 18.5 Å². The molecule has 0 saturated carbocycles. The average Bonchev–Trinajstić information content (AvgIpc) is 3.45. The van der Waals surface area contributed by atoms with E-state index in [9.17, 15) is 18.4 Å². The third-order valence-electron chi connectivity index (χ3n) is 7.71. The van der Waals surface area contributed by atoms with Crippen molar-refractivity contribution in [2.24, 2.45) is 0 Å². The van der Waals surface area contributed by atoms with E-state index in [0.717, 1.165) is 49.5 Å². The van der Waals surface area contributed by atoms with Crippen LogP contribution in [0.1, 0.15) is 69.7 Å². The number of urea groups is 1. The Balaban J connectivity index is 0.00000116. The van der Waals surface area contributed by atoms with E-state index < -0.39 is 29.8 Å². The van der Waals surface area contributed by atoms with E-state index in [1.807, 2.05) is 39.8 Å². The Morgan fingerprint density at radius 2 is 1.45 bits per heavy atom. The van der Waals surface area contributed by atoms with Crippen LogP contribution < -0.4 is 5.32 Å². The molecule has 0 radical (unpaired) electrons. The molecule has 3 aromatic carbocycles. The first-order valence-electron chi connectivity index (χ1n) is 15.0. The van der Waals surface area contributed by atoms with Crippen LogP contribution in [0, 0.1) is 11.6 Å². The molecule has 1 atom stereocenters. The SMILES string of the molecule is CC.CC.O=C(NCCCN1CCC(c2ccccc2)(c2ccccc2)CC1)N1C(=O)OCC1c1ccc(F)c(F)c1. The topological polar surface area (TPSA) is 61.9 Å². The minimum absolute atomic E-state index is 0.0157. The number of benzene rings is 3. The van der Waals surface area contributed by atoms with Gasteiger partial charge >= 0.3 is 12.1 Å². The molecule has 0 aromatic heterocycles. The molecule has 2 saturated heterocycles. The van der Waals surface area contributed by atoms with Gasteiger partial charge in [-0.15, -0.1) is 0 Å². The summed E-state index contributed by atoms with van der Waals surface area (Å²) >= 11 is 0. The van der Waals surface area contributed by atoms with E-state index in [1.165, 1.54) is 17.2 Å². The predicted octanol–water partition coefficient (Wildman–Crippen LogP) is 7.69. The first-order chi connectivity index (χ1) is 20.5. The lowest BCUT2D eigenvalue weighted by atomic mass is 9.68. The van der Waals surface area contributed by atoms with Crippen molar-refractivity contribution in [1.82, 2.24) is 15.1 Å². The molecule has 1 N–H and O–H groups in total. The summed E-state index contributed by atoms with van der Waals surface area (Å²) in [5, 5.41) is 2.78. The van der Waals surface area contributed by atoms with Crippen molar-refractivity contribution in [2.45, 2.75) is 58.4 Å². The Hall–Kier alpha value is -3.78. The van der Waals surface area contributed by atoms with Gasteiger partial charge in [0, 0.05) is 12.0 Å². The highest BCUT2D eigenvalue weighted by atomic mass is 19.2. The number of rotatable bonds is 7. The van der Waals surface area contributed by atoms with Gasteiger partial charge in [0.25, 0.3) is 0 Å². The second-order valence-corrected chi connectivity index (χ2v) is 9.88. The van der Waals surface area contributed by atoms with E-state index in [2.05, 4.69) is 58.7 Å². The normalized spacial score (nSPS) is 17.7. The number of carbonyl (C=O) groups is 2. The number of carbonyl (C=O) groups excluding carboxylic acids is 2. The van der Waals surface area contributed by atoms with Crippen LogP contribution in [0.4, 0.5) is 18.4 Å². The molecule has 3 aromatic rings. The van der Waals surface area contributed by atoms with Crippen molar-refractivity contribution in [2.75, 3.05) is 32.8 Å². The first-order valence-corrected chi connectivity index (χ1v) is 15.0. The molecule has 2 aliphatic heterocycles. The Kier molecular flexibility index (Phi) is 12.5. The summed E-state index contributed by atoms with van der Waals surface area (Å²) in [5.41, 5.74) is 2.97. The maximum absolute atomic E-state index is 13.7. The van der Waals surface area contributed by atoms with Gasteiger partial charge in [0.1, 0.15) is 12.6 Å². The summed E-state index contributed by atoms with van der Waals surface area (Å²) in [5.74, 6) is -2.02. The zero-order chi connectivity index (χ0) is 30.5. The van der Waals surface area contributed by atoms with Crippen molar-refractivity contribution in [3.63, 3.8) is 0 Å². The van der Waals surface area contributed by atoms with Crippen molar-refractivity contribution in [3.05, 3.63) is 107 Å². The molecular formula is C34H43F2N3O3. The lowest BCUT2D eigenvalue weighted by Gasteiger charge is -2.43. The zero-order valence-corrected chi connectivity index (χ0v) is 25.1. The van der Waals surface area contributed by atoms with Crippen LogP contribution in [-0.2, 0) is 10.2 Å². The van der Waals surface area contributed by atoms with Gasteiger partial charge in [0.05, 0.1) is 0 Å². The molecule has 5 rings (SSSR count). The van der Waals surface area contributed by atoms with Crippen LogP contribution in [0.3, 0.4) is 0 Å². The average molecular weight is 580 g/mol. The molecular weight excluding hydrogens is 536 g/mol. The molecule has 3 amide bonds. The van der Waals surface area contributed by atoms with Crippen molar-refractivity contribution >= 4 is 12.1 Å². The van der Waals surface area contributed by atoms with E-state index in [4.69, 9.17) is 4.74 Å². The molecule has 2 heterocycles. The molecule has 0 bridgehead atoms. The Morgan fingerprint density at radius 3 is 2.00 bits per heavy atom. The molecule has 0 spiro atoms. The summed E-state index contributed by atoms with van der Waals surface area (Å²) in [7, 11) is 0. The number of amides is 3. The Morgan fingerprint density at radius 1 is 0.881 bits per heavy atom. The van der Waals surface area contributed by atoms with Gasteiger partial charge in [-0.3, -0.25) is 0 Å². The second kappa shape index (κ2) is 16.0. The largest absolute Gasteiger partial charge is 0.446 e. The van der Waals surface area contributed by atoms with Crippen LogP contribution in [0.25, 0.3) is 0 Å². The maximum Gasteiger partial charge on any atom is 0.418 e. The monoisotopic (exact) mass is 579 g/mol. The third kappa shape index (κ3) is 7.53. The summed E-state index contributed by atoms with van der Waals surface area (Å²) in [4.78, 5) is 28.3. The minimum Gasteiger partial charge on any atom is -0.446 e. The summed E-state index contributed by atoms with van der Waals surface area (Å²) in [6.45, 7) is 11.0. The predicted molar refractivity (Wildman–Crippen MR) is 162 cm³/mol. The Bertz CT molecular complexity index is 1220. The Labute approximate surface area is 248 Å². The number of hydrogen-bond donors (Lipinski definition) is 1. The fraction of sp³-hybridized carbons (Fsp3) is 0.412. The number of nitrogens with one attached hydrogen (secondary N) is 1. The minimum atomic E-state index is -1.03. The van der Waals surface area contributed by atoms with Crippen molar-refractivity contribution in [1.29, 1.82) is 0 Å². The van der Waals surface area contributed by atoms with Crippen molar-refractivity contribution in [3.8, 4) is 0 Å². The highest BCUT2D eigenvalue weighted by Gasteiger charge is 2.40. The van der Waals surface area contributed by atoms with Gasteiger partial charge in [-0.05, 0) is 67.7 Å². The van der Waals surface area contributed by atoms with Crippen molar-refractivity contribution < 1.29 is 23.1 Å². The quantitative estimate of drug-likeness (QED) is 0.292. The number of nitrogens with zero attached hydrogens (tertiary/aromatic N) is 2. The van der Waals surface area contributed by atoms with Gasteiger partial charge in [0.2, 0.25) is 0 Å². The highest BCUT2D eigenvalue weighted by Crippen LogP contribution is 2.41. The standard InChI is InChI=1S/C30H31F2N3O3.2C2H6/c31-25-13-12-22(20-26(25)32)27-21-38-29(37)35(27)28(36)33-16-7-17-34-18-14-30(15-19-34,23-8-3-1-4-9-23)24-10-5-2-6-11-24;2*1-2/h1-6,8-13,20,27H,7,14-19,21H2,(H,33,36);2*1-2H3. The first kappa shape index (κ1) is 32.7. The highest BCUT2D eigenvalue weighted by molar-refractivity contribution is 5.92. The van der Waals surface area contributed by atoms with Crippen LogP contribution in [0.15, 0.2) is 78.9 Å². The van der Waals surface area contributed by atoms with E-state index >= 15 is 0 Å². The molecule has 6 nitrogen and oxygen atoms in total. The lowest BCUT2D eigenvalue weighted by molar-refractivity contribution is 0.157. The summed E-state index contributed by atoms with van der Waals surface area (Å²) < 4.78 is 32.0. The van der Waals surface area contributed by atoms with Crippen LogP contribution in [-0.4, -0.2) is 54.7 Å². The van der Waals surface area contributed by atoms with Gasteiger partial charge in [-0.25, -0.2) is 23.3 Å². The van der Waals surface area contributed by atoms with Gasteiger partial charge in [-0.2, -0.15) is 0 Å². The van der Waals surface area contributed by atoms with Gasteiger partial charge in [-0.1, -0.05) is 94.4 Å². The maximum atomic E-state index is 13.7. The fourth-order valence-corrected chi connectivity index (χ4v) is 5.61. The van der Waals surface area contributed by atoms with Gasteiger partial charge in [0.15, 0.2) is 11.6 Å². The molecule has 2 aliphatic rings. The molecule has 2 fully saturated rings. The number of piperidine rings is 1. The summed E-state index contributed by atoms with van der Waals surface area (Å²) in [6.07, 6.45) is 1.92. The number of hydrogen-bond acceptors (Lipinski definition) is 4. The second-order valence-electron chi connectivity index (χ2n) is 9.88. The van der Waals surface area contributed by atoms with Gasteiger partial charge < -0.3 is 15.0 Å². The molecule has 0 aliphatic carbocycles.